The van der Waals surface area contributed by atoms with Gasteiger partial charge in [-0.25, -0.2) is 9.78 Å². The Morgan fingerprint density at radius 2 is 1.82 bits per heavy atom. The average molecular weight is 396 g/mol. The standard InChI is InChI=1S/C17H19F3N6O2/c1-10-8-14(22-7-6-21-11(2)27)25-15(23-10)26-16(28)24-13-5-3-4-12(9-13)17(18,19)20/h3-5,8-9H,6-7H2,1-2H3,(H,21,27)(H3,22,23,24,25,26,28). The van der Waals surface area contributed by atoms with E-state index < -0.39 is 17.8 Å². The number of amides is 3. The Bertz CT molecular complexity index is 857. The average Bonchev–Trinajstić information content (AvgIpc) is 2.57. The summed E-state index contributed by atoms with van der Waals surface area (Å²) in [4.78, 5) is 31.0. The van der Waals surface area contributed by atoms with Crippen LogP contribution in [0.4, 0.5) is 35.4 Å². The van der Waals surface area contributed by atoms with Crippen molar-refractivity contribution < 1.29 is 22.8 Å². The molecule has 0 aliphatic carbocycles. The van der Waals surface area contributed by atoms with Gasteiger partial charge < -0.3 is 16.0 Å². The number of carbonyl (C=O) groups excluding carboxylic acids is 2. The molecule has 1 aromatic heterocycles. The van der Waals surface area contributed by atoms with Gasteiger partial charge in [-0.05, 0) is 25.1 Å². The van der Waals surface area contributed by atoms with Crippen LogP contribution in [0.5, 0.6) is 0 Å². The molecule has 0 atom stereocenters. The van der Waals surface area contributed by atoms with E-state index in [1.165, 1.54) is 19.1 Å². The second-order valence-corrected chi connectivity index (χ2v) is 5.79. The number of alkyl halides is 3. The van der Waals surface area contributed by atoms with Gasteiger partial charge in [0.05, 0.1) is 5.56 Å². The van der Waals surface area contributed by atoms with E-state index in [1.54, 1.807) is 13.0 Å². The maximum atomic E-state index is 12.7. The van der Waals surface area contributed by atoms with Crippen molar-refractivity contribution in [3.8, 4) is 0 Å². The van der Waals surface area contributed by atoms with Crippen molar-refractivity contribution in [2.75, 3.05) is 29.0 Å². The van der Waals surface area contributed by atoms with E-state index in [4.69, 9.17) is 0 Å². The number of nitrogens with zero attached hydrogens (tertiary/aromatic N) is 2. The van der Waals surface area contributed by atoms with Gasteiger partial charge in [-0.3, -0.25) is 10.1 Å². The second kappa shape index (κ2) is 9.02. The Kier molecular flexibility index (Phi) is 6.74. The smallest absolute Gasteiger partial charge is 0.368 e. The summed E-state index contributed by atoms with van der Waals surface area (Å²) in [6.45, 7) is 3.89. The highest BCUT2D eigenvalue weighted by Gasteiger charge is 2.30. The van der Waals surface area contributed by atoms with Crippen LogP contribution in [-0.2, 0) is 11.0 Å². The fourth-order valence-electron chi connectivity index (χ4n) is 2.18. The summed E-state index contributed by atoms with van der Waals surface area (Å²) in [5.74, 6) is 0.244. The largest absolute Gasteiger partial charge is 0.416 e. The van der Waals surface area contributed by atoms with Crippen LogP contribution in [0.2, 0.25) is 0 Å². The van der Waals surface area contributed by atoms with Crippen LogP contribution in [-0.4, -0.2) is 35.0 Å². The highest BCUT2D eigenvalue weighted by atomic mass is 19.4. The van der Waals surface area contributed by atoms with Gasteiger partial charge in [0.2, 0.25) is 11.9 Å². The van der Waals surface area contributed by atoms with Gasteiger partial charge in [-0.15, -0.1) is 0 Å². The summed E-state index contributed by atoms with van der Waals surface area (Å²) in [5, 5.41) is 10.3. The minimum absolute atomic E-state index is 0.0198. The van der Waals surface area contributed by atoms with Gasteiger partial charge in [0.25, 0.3) is 0 Å². The van der Waals surface area contributed by atoms with Crippen molar-refractivity contribution in [3.63, 3.8) is 0 Å². The number of carbonyl (C=O) groups is 2. The lowest BCUT2D eigenvalue weighted by Crippen LogP contribution is -2.26. The van der Waals surface area contributed by atoms with Crippen molar-refractivity contribution in [2.24, 2.45) is 0 Å². The topological polar surface area (TPSA) is 108 Å². The molecule has 0 bridgehead atoms. The number of anilines is 3. The molecular weight excluding hydrogens is 377 g/mol. The first-order valence-corrected chi connectivity index (χ1v) is 8.23. The summed E-state index contributed by atoms with van der Waals surface area (Å²) in [6, 6.07) is 5.12. The second-order valence-electron chi connectivity index (χ2n) is 5.79. The van der Waals surface area contributed by atoms with Crippen LogP contribution < -0.4 is 21.3 Å². The number of nitrogens with one attached hydrogen (secondary N) is 4. The zero-order valence-corrected chi connectivity index (χ0v) is 15.1. The molecule has 0 saturated heterocycles. The molecule has 2 rings (SSSR count). The molecule has 28 heavy (non-hydrogen) atoms. The lowest BCUT2D eigenvalue weighted by Gasteiger charge is -2.11. The molecule has 11 heteroatoms. The molecule has 0 spiro atoms. The lowest BCUT2D eigenvalue weighted by atomic mass is 10.2. The van der Waals surface area contributed by atoms with Gasteiger partial charge in [0, 0.05) is 37.5 Å². The van der Waals surface area contributed by atoms with Crippen LogP contribution in [0.3, 0.4) is 0 Å². The van der Waals surface area contributed by atoms with E-state index in [9.17, 15) is 22.8 Å². The van der Waals surface area contributed by atoms with Crippen molar-refractivity contribution in [1.29, 1.82) is 0 Å². The normalized spacial score (nSPS) is 10.9. The van der Waals surface area contributed by atoms with Gasteiger partial charge in [-0.2, -0.15) is 18.2 Å². The monoisotopic (exact) mass is 396 g/mol. The van der Waals surface area contributed by atoms with Crippen LogP contribution in [0, 0.1) is 6.92 Å². The van der Waals surface area contributed by atoms with Gasteiger partial charge >= 0.3 is 12.2 Å². The highest BCUT2D eigenvalue weighted by Crippen LogP contribution is 2.30. The number of urea groups is 1. The van der Waals surface area contributed by atoms with E-state index in [2.05, 4.69) is 31.2 Å². The zero-order valence-electron chi connectivity index (χ0n) is 15.1. The molecule has 0 radical (unpaired) electrons. The number of halogens is 3. The van der Waals surface area contributed by atoms with E-state index in [0.717, 1.165) is 12.1 Å². The van der Waals surface area contributed by atoms with E-state index in [-0.39, 0.29) is 17.5 Å². The fraction of sp³-hybridized carbons (Fsp3) is 0.294. The van der Waals surface area contributed by atoms with Crippen LogP contribution >= 0.6 is 0 Å². The Balaban J connectivity index is 1.99. The maximum absolute atomic E-state index is 12.7. The van der Waals surface area contributed by atoms with Gasteiger partial charge in [0.1, 0.15) is 5.82 Å². The third kappa shape index (κ3) is 6.74. The number of hydrogen-bond acceptors (Lipinski definition) is 5. The molecule has 8 nitrogen and oxygen atoms in total. The molecule has 1 heterocycles. The van der Waals surface area contributed by atoms with E-state index >= 15 is 0 Å². The molecule has 3 amide bonds. The molecular formula is C17H19F3N6O2. The quantitative estimate of drug-likeness (QED) is 0.562. The molecule has 2 aromatic rings. The van der Waals surface area contributed by atoms with Crippen LogP contribution in [0.1, 0.15) is 18.2 Å². The summed E-state index contributed by atoms with van der Waals surface area (Å²) >= 11 is 0. The first kappa shape index (κ1) is 20.9. The van der Waals surface area contributed by atoms with Crippen LogP contribution in [0.25, 0.3) is 0 Å². The van der Waals surface area contributed by atoms with Crippen molar-refractivity contribution in [3.05, 3.63) is 41.6 Å². The number of rotatable bonds is 6. The maximum Gasteiger partial charge on any atom is 0.416 e. The summed E-state index contributed by atoms with van der Waals surface area (Å²) in [7, 11) is 0. The van der Waals surface area contributed by atoms with Crippen molar-refractivity contribution in [1.82, 2.24) is 15.3 Å². The van der Waals surface area contributed by atoms with Crippen molar-refractivity contribution >= 4 is 29.4 Å². The Hall–Kier alpha value is -3.37. The Morgan fingerprint density at radius 1 is 1.07 bits per heavy atom. The minimum atomic E-state index is -4.51. The molecule has 1 aromatic carbocycles. The van der Waals surface area contributed by atoms with Gasteiger partial charge in [0.15, 0.2) is 0 Å². The molecule has 4 N–H and O–H groups in total. The SMILES string of the molecule is CC(=O)NCCNc1cc(C)nc(NC(=O)Nc2cccc(C(F)(F)F)c2)n1. The number of hydrogen-bond donors (Lipinski definition) is 4. The van der Waals surface area contributed by atoms with E-state index in [0.29, 0.717) is 24.6 Å². The summed E-state index contributed by atoms with van der Waals surface area (Å²) < 4.78 is 38.2. The fourth-order valence-corrected chi connectivity index (χ4v) is 2.18. The Labute approximate surface area is 159 Å². The molecule has 0 fully saturated rings. The Morgan fingerprint density at radius 3 is 2.50 bits per heavy atom. The zero-order chi connectivity index (χ0) is 20.7. The predicted octanol–water partition coefficient (Wildman–Crippen LogP) is 3.00. The summed E-state index contributed by atoms with van der Waals surface area (Å²) in [5.41, 5.74) is -0.331. The molecule has 0 saturated carbocycles. The highest BCUT2D eigenvalue weighted by molar-refractivity contribution is 5.98. The molecule has 0 unspecified atom stereocenters. The van der Waals surface area contributed by atoms with Crippen molar-refractivity contribution in [2.45, 2.75) is 20.0 Å². The summed E-state index contributed by atoms with van der Waals surface area (Å²) in [6.07, 6.45) is -4.51. The number of benzene rings is 1. The third-order valence-electron chi connectivity index (χ3n) is 3.33. The first-order chi connectivity index (χ1) is 13.1. The molecule has 0 aliphatic heterocycles. The molecule has 150 valence electrons. The molecule has 0 aliphatic rings. The van der Waals surface area contributed by atoms with E-state index in [1.807, 2.05) is 0 Å². The number of aromatic nitrogens is 2. The van der Waals surface area contributed by atoms with Gasteiger partial charge in [-0.1, -0.05) is 6.07 Å². The number of aryl methyl sites for hydroxylation is 1. The minimum Gasteiger partial charge on any atom is -0.368 e. The van der Waals surface area contributed by atoms with Crippen LogP contribution in [0.15, 0.2) is 30.3 Å². The third-order valence-corrected chi connectivity index (χ3v) is 3.33. The lowest BCUT2D eigenvalue weighted by molar-refractivity contribution is -0.137. The first-order valence-electron chi connectivity index (χ1n) is 8.23. The predicted molar refractivity (Wildman–Crippen MR) is 98.0 cm³/mol.